The number of fused-ring (bicyclic) bond motifs is 1. The molecule has 0 aromatic carbocycles. The molecule has 1 N–H and O–H groups in total. The molecule has 0 saturated carbocycles. The van der Waals surface area contributed by atoms with Gasteiger partial charge in [-0.25, -0.2) is 4.98 Å². The predicted octanol–water partition coefficient (Wildman–Crippen LogP) is 5.12. The van der Waals surface area contributed by atoms with Gasteiger partial charge in [0.1, 0.15) is 5.69 Å². The van der Waals surface area contributed by atoms with Crippen molar-refractivity contribution in [2.24, 2.45) is 0 Å². The number of H-pyrrole nitrogens is 1. The standard InChI is InChI=1S/C21H15N5S/c1-13-4-2-5-18(24-13)21-15(12-23-26-21)16-7-8-17-19(25-16)10-14(11-22-17)20-6-3-9-27-20/h2-12H,1H3,(H,23,26). The van der Waals surface area contributed by atoms with E-state index >= 15 is 0 Å². The lowest BCUT2D eigenvalue weighted by molar-refractivity contribution is 1.08. The van der Waals surface area contributed by atoms with Crippen molar-refractivity contribution in [2.75, 3.05) is 0 Å². The van der Waals surface area contributed by atoms with Gasteiger partial charge in [-0.2, -0.15) is 5.10 Å². The topological polar surface area (TPSA) is 67.3 Å². The summed E-state index contributed by atoms with van der Waals surface area (Å²) in [5, 5.41) is 9.42. The quantitative estimate of drug-likeness (QED) is 0.479. The van der Waals surface area contributed by atoms with Crippen LogP contribution >= 0.6 is 11.3 Å². The molecular weight excluding hydrogens is 354 g/mol. The monoisotopic (exact) mass is 369 g/mol. The minimum atomic E-state index is 0.799. The van der Waals surface area contributed by atoms with E-state index < -0.39 is 0 Å². The summed E-state index contributed by atoms with van der Waals surface area (Å²) < 4.78 is 0. The molecule has 0 bridgehead atoms. The molecule has 6 heteroatoms. The van der Waals surface area contributed by atoms with E-state index in [1.54, 1.807) is 11.3 Å². The Hall–Kier alpha value is -3.38. The molecule has 5 aromatic heterocycles. The van der Waals surface area contributed by atoms with Crippen molar-refractivity contribution in [3.05, 3.63) is 72.0 Å². The molecule has 0 spiro atoms. The van der Waals surface area contributed by atoms with Crippen molar-refractivity contribution in [1.82, 2.24) is 25.1 Å². The van der Waals surface area contributed by atoms with Gasteiger partial charge >= 0.3 is 0 Å². The van der Waals surface area contributed by atoms with Crippen molar-refractivity contribution in [3.8, 4) is 33.1 Å². The number of rotatable bonds is 3. The summed E-state index contributed by atoms with van der Waals surface area (Å²) >= 11 is 1.70. The van der Waals surface area contributed by atoms with Crippen LogP contribution in [0.15, 0.2) is 66.3 Å². The van der Waals surface area contributed by atoms with E-state index in [4.69, 9.17) is 4.98 Å². The Labute approximate surface area is 159 Å². The van der Waals surface area contributed by atoms with Gasteiger partial charge in [0, 0.05) is 34.1 Å². The van der Waals surface area contributed by atoms with Crippen LogP contribution in [-0.2, 0) is 0 Å². The van der Waals surface area contributed by atoms with E-state index in [0.29, 0.717) is 0 Å². The van der Waals surface area contributed by atoms with Crippen LogP contribution in [0.3, 0.4) is 0 Å². The Morgan fingerprint density at radius 3 is 2.74 bits per heavy atom. The lowest BCUT2D eigenvalue weighted by Gasteiger charge is -2.05. The molecule has 0 atom stereocenters. The fourth-order valence-electron chi connectivity index (χ4n) is 3.09. The average molecular weight is 369 g/mol. The van der Waals surface area contributed by atoms with Gasteiger partial charge in [0.05, 0.1) is 22.4 Å². The molecule has 5 heterocycles. The van der Waals surface area contributed by atoms with Crippen molar-refractivity contribution in [1.29, 1.82) is 0 Å². The van der Waals surface area contributed by atoms with Crippen molar-refractivity contribution >= 4 is 22.4 Å². The molecular formula is C21H15N5S. The van der Waals surface area contributed by atoms with Gasteiger partial charge in [0.15, 0.2) is 0 Å². The van der Waals surface area contributed by atoms with Crippen LogP contribution < -0.4 is 0 Å². The van der Waals surface area contributed by atoms with Crippen LogP contribution in [0.4, 0.5) is 0 Å². The van der Waals surface area contributed by atoms with Gasteiger partial charge < -0.3 is 0 Å². The molecule has 0 amide bonds. The first-order valence-corrected chi connectivity index (χ1v) is 9.45. The summed E-state index contributed by atoms with van der Waals surface area (Å²) in [5.74, 6) is 0. The van der Waals surface area contributed by atoms with Crippen LogP contribution in [-0.4, -0.2) is 25.1 Å². The number of nitrogens with zero attached hydrogens (tertiary/aromatic N) is 4. The highest BCUT2D eigenvalue weighted by Crippen LogP contribution is 2.30. The minimum Gasteiger partial charge on any atom is -0.284 e. The van der Waals surface area contributed by atoms with Crippen LogP contribution in [0, 0.1) is 6.92 Å². The first-order chi connectivity index (χ1) is 13.3. The Balaban J connectivity index is 1.63. The van der Waals surface area contributed by atoms with Gasteiger partial charge in [0.25, 0.3) is 0 Å². The van der Waals surface area contributed by atoms with Crippen molar-refractivity contribution < 1.29 is 0 Å². The largest absolute Gasteiger partial charge is 0.284 e. The molecule has 0 unspecified atom stereocenters. The third kappa shape index (κ3) is 2.90. The molecule has 130 valence electrons. The van der Waals surface area contributed by atoms with Crippen LogP contribution in [0.5, 0.6) is 0 Å². The molecule has 5 rings (SSSR count). The van der Waals surface area contributed by atoms with E-state index in [1.807, 2.05) is 55.7 Å². The van der Waals surface area contributed by atoms with Crippen molar-refractivity contribution in [3.63, 3.8) is 0 Å². The molecule has 0 aliphatic heterocycles. The van der Waals surface area contributed by atoms with Gasteiger partial charge in [-0.1, -0.05) is 12.1 Å². The molecule has 5 aromatic rings. The second kappa shape index (κ2) is 6.41. The average Bonchev–Trinajstić information content (AvgIpc) is 3.39. The SMILES string of the molecule is Cc1cccc(-c2n[nH]cc2-c2ccc3ncc(-c4cccs4)cc3n2)n1. The molecule has 5 nitrogen and oxygen atoms in total. The molecule has 0 aliphatic carbocycles. The molecule has 27 heavy (non-hydrogen) atoms. The number of hydrogen-bond acceptors (Lipinski definition) is 5. The number of aromatic amines is 1. The summed E-state index contributed by atoms with van der Waals surface area (Å²) in [6.45, 7) is 1.97. The second-order valence-corrected chi connectivity index (χ2v) is 7.20. The van der Waals surface area contributed by atoms with Crippen LogP contribution in [0.25, 0.3) is 44.1 Å². The van der Waals surface area contributed by atoms with Gasteiger partial charge in [-0.05, 0) is 48.7 Å². The maximum Gasteiger partial charge on any atom is 0.120 e. The van der Waals surface area contributed by atoms with Crippen LogP contribution in [0.1, 0.15) is 5.69 Å². The van der Waals surface area contributed by atoms with E-state index in [1.165, 1.54) is 4.88 Å². The molecule has 0 saturated heterocycles. The summed E-state index contributed by atoms with van der Waals surface area (Å²) in [6, 6.07) is 16.1. The van der Waals surface area contributed by atoms with Gasteiger partial charge in [0.2, 0.25) is 0 Å². The lowest BCUT2D eigenvalue weighted by Crippen LogP contribution is -1.91. The molecule has 0 aliphatic rings. The predicted molar refractivity (Wildman–Crippen MR) is 108 cm³/mol. The third-order valence-electron chi connectivity index (χ3n) is 4.39. The zero-order chi connectivity index (χ0) is 18.2. The Morgan fingerprint density at radius 1 is 0.926 bits per heavy atom. The van der Waals surface area contributed by atoms with E-state index in [9.17, 15) is 0 Å². The van der Waals surface area contributed by atoms with Gasteiger partial charge in [-0.15, -0.1) is 11.3 Å². The highest BCUT2D eigenvalue weighted by atomic mass is 32.1. The first-order valence-electron chi connectivity index (χ1n) is 8.57. The number of hydrogen-bond donors (Lipinski definition) is 1. The van der Waals surface area contributed by atoms with Crippen LogP contribution in [0.2, 0.25) is 0 Å². The summed E-state index contributed by atoms with van der Waals surface area (Å²) in [6.07, 6.45) is 3.76. The van der Waals surface area contributed by atoms with Gasteiger partial charge in [-0.3, -0.25) is 15.1 Å². The number of aryl methyl sites for hydroxylation is 1. The Morgan fingerprint density at radius 2 is 1.89 bits per heavy atom. The molecule has 0 fully saturated rings. The smallest absolute Gasteiger partial charge is 0.120 e. The summed E-state index contributed by atoms with van der Waals surface area (Å²) in [7, 11) is 0. The summed E-state index contributed by atoms with van der Waals surface area (Å²) in [5.41, 5.74) is 7.18. The highest BCUT2D eigenvalue weighted by Gasteiger charge is 2.14. The normalized spacial score (nSPS) is 11.1. The Kier molecular flexibility index (Phi) is 3.76. The fraction of sp³-hybridized carbons (Fsp3) is 0.0476. The second-order valence-electron chi connectivity index (χ2n) is 6.25. The number of nitrogens with one attached hydrogen (secondary N) is 1. The molecule has 0 radical (unpaired) electrons. The number of thiophene rings is 1. The fourth-order valence-corrected chi connectivity index (χ4v) is 3.80. The lowest BCUT2D eigenvalue weighted by atomic mass is 10.1. The number of aromatic nitrogens is 5. The summed E-state index contributed by atoms with van der Waals surface area (Å²) in [4.78, 5) is 15.2. The van der Waals surface area contributed by atoms with E-state index in [-0.39, 0.29) is 0 Å². The minimum absolute atomic E-state index is 0.799. The number of pyridine rings is 3. The van der Waals surface area contributed by atoms with E-state index in [0.717, 1.165) is 44.9 Å². The van der Waals surface area contributed by atoms with Crippen molar-refractivity contribution in [2.45, 2.75) is 6.92 Å². The zero-order valence-electron chi connectivity index (χ0n) is 14.5. The maximum absolute atomic E-state index is 4.85. The first kappa shape index (κ1) is 15.8. The highest BCUT2D eigenvalue weighted by molar-refractivity contribution is 7.13. The maximum atomic E-state index is 4.85. The zero-order valence-corrected chi connectivity index (χ0v) is 15.4. The third-order valence-corrected chi connectivity index (χ3v) is 5.31. The Bertz CT molecular complexity index is 1240. The van der Waals surface area contributed by atoms with E-state index in [2.05, 4.69) is 37.7 Å².